The van der Waals surface area contributed by atoms with Crippen molar-refractivity contribution < 1.29 is 17.9 Å². The molecule has 1 N–H and O–H groups in total. The SMILES string of the molecule is Cc1ccc(S(=O)(=O)N[C@H]2CO[C@H]3[C@@H]2OC[C@@H]3n2nnnc2-c2ccc(N(C)C)cc2)cc1. The highest BCUT2D eigenvalue weighted by Crippen LogP contribution is 2.36. The molecule has 4 atom stereocenters. The molecule has 0 radical (unpaired) electrons. The first-order valence-corrected chi connectivity index (χ1v) is 12.2. The van der Waals surface area contributed by atoms with Crippen LogP contribution in [0.5, 0.6) is 0 Å². The van der Waals surface area contributed by atoms with E-state index in [2.05, 4.69) is 20.2 Å². The Labute approximate surface area is 192 Å². The minimum atomic E-state index is -3.69. The lowest BCUT2D eigenvalue weighted by atomic mass is 10.1. The predicted octanol–water partition coefficient (Wildman–Crippen LogP) is 1.40. The van der Waals surface area contributed by atoms with Crippen LogP contribution in [0.15, 0.2) is 53.4 Å². The standard InChI is InChI=1S/C22H26N6O4S/c1-14-4-10-17(11-5-14)33(29,30)24-18-12-31-21-19(13-32-20(18)21)28-22(23-25-26-28)15-6-8-16(9-7-15)27(2)3/h4-11,18-21,24H,12-13H2,1-3H3/t18-,19-,20+,21+/m0/s1. The quantitative estimate of drug-likeness (QED) is 0.576. The van der Waals surface area contributed by atoms with Gasteiger partial charge in [-0.3, -0.25) is 0 Å². The number of benzene rings is 2. The number of rotatable bonds is 6. The molecule has 3 heterocycles. The van der Waals surface area contributed by atoms with Crippen LogP contribution in [0.3, 0.4) is 0 Å². The van der Waals surface area contributed by atoms with Crippen LogP contribution in [0.25, 0.3) is 11.4 Å². The molecule has 0 unspecified atom stereocenters. The van der Waals surface area contributed by atoms with Gasteiger partial charge in [0.1, 0.15) is 18.2 Å². The summed E-state index contributed by atoms with van der Waals surface area (Å²) in [5.41, 5.74) is 2.95. The number of sulfonamides is 1. The Morgan fingerprint density at radius 2 is 1.70 bits per heavy atom. The molecule has 3 aromatic rings. The minimum absolute atomic E-state index is 0.214. The van der Waals surface area contributed by atoms with Crippen LogP contribution in [0.1, 0.15) is 11.6 Å². The van der Waals surface area contributed by atoms with E-state index in [0.717, 1.165) is 16.8 Å². The van der Waals surface area contributed by atoms with Gasteiger partial charge in [0.2, 0.25) is 10.0 Å². The average Bonchev–Trinajstić information content (AvgIpc) is 3.51. The van der Waals surface area contributed by atoms with E-state index in [9.17, 15) is 8.42 Å². The van der Waals surface area contributed by atoms with E-state index < -0.39 is 22.2 Å². The van der Waals surface area contributed by atoms with Gasteiger partial charge in [-0.25, -0.2) is 17.8 Å². The van der Waals surface area contributed by atoms with Crippen LogP contribution in [-0.4, -0.2) is 74.2 Å². The number of hydrogen-bond acceptors (Lipinski definition) is 8. The molecule has 2 aliphatic heterocycles. The number of nitrogens with zero attached hydrogens (tertiary/aromatic N) is 5. The molecule has 2 fully saturated rings. The third-order valence-corrected chi connectivity index (χ3v) is 7.62. The predicted molar refractivity (Wildman–Crippen MR) is 121 cm³/mol. The molecule has 1 aromatic heterocycles. The summed E-state index contributed by atoms with van der Waals surface area (Å²) < 4.78 is 42.1. The highest BCUT2D eigenvalue weighted by atomic mass is 32.2. The molecule has 0 bridgehead atoms. The Kier molecular flexibility index (Phi) is 5.65. The second-order valence-corrected chi connectivity index (χ2v) is 10.3. The van der Waals surface area contributed by atoms with E-state index in [-0.39, 0.29) is 23.6 Å². The van der Waals surface area contributed by atoms with Crippen LogP contribution in [0.4, 0.5) is 5.69 Å². The van der Waals surface area contributed by atoms with Crippen molar-refractivity contribution in [2.24, 2.45) is 0 Å². The third kappa shape index (κ3) is 4.12. The lowest BCUT2D eigenvalue weighted by Gasteiger charge is -2.18. The Morgan fingerprint density at radius 3 is 2.39 bits per heavy atom. The number of aryl methyl sites for hydroxylation is 1. The van der Waals surface area contributed by atoms with Gasteiger partial charge in [-0.2, -0.15) is 0 Å². The van der Waals surface area contributed by atoms with Gasteiger partial charge in [-0.1, -0.05) is 17.7 Å². The normalized spacial score (nSPS) is 24.7. The van der Waals surface area contributed by atoms with Gasteiger partial charge in [0.05, 0.1) is 24.2 Å². The summed E-state index contributed by atoms with van der Waals surface area (Å²) in [4.78, 5) is 2.24. The third-order valence-electron chi connectivity index (χ3n) is 6.11. The molecule has 0 amide bonds. The fraction of sp³-hybridized carbons (Fsp3) is 0.409. The van der Waals surface area contributed by atoms with Crippen molar-refractivity contribution in [1.82, 2.24) is 24.9 Å². The first-order valence-electron chi connectivity index (χ1n) is 10.7. The average molecular weight is 471 g/mol. The minimum Gasteiger partial charge on any atom is -0.378 e. The van der Waals surface area contributed by atoms with Crippen LogP contribution in [-0.2, 0) is 19.5 Å². The topological polar surface area (TPSA) is 111 Å². The zero-order valence-electron chi connectivity index (χ0n) is 18.6. The number of nitrogens with one attached hydrogen (secondary N) is 1. The molecule has 2 saturated heterocycles. The maximum atomic E-state index is 12.8. The summed E-state index contributed by atoms with van der Waals surface area (Å²) in [5.74, 6) is 0.613. The van der Waals surface area contributed by atoms with Crippen LogP contribution < -0.4 is 9.62 Å². The maximum Gasteiger partial charge on any atom is 0.240 e. The lowest BCUT2D eigenvalue weighted by molar-refractivity contribution is 0.0626. The summed E-state index contributed by atoms with van der Waals surface area (Å²) in [6, 6.07) is 13.9. The van der Waals surface area contributed by atoms with Gasteiger partial charge in [-0.15, -0.1) is 5.10 Å². The first kappa shape index (κ1) is 22.0. The molecule has 0 spiro atoms. The van der Waals surface area contributed by atoms with Crippen LogP contribution in [0, 0.1) is 6.92 Å². The van der Waals surface area contributed by atoms with E-state index >= 15 is 0 Å². The zero-order chi connectivity index (χ0) is 23.2. The lowest BCUT2D eigenvalue weighted by Crippen LogP contribution is -2.44. The van der Waals surface area contributed by atoms with Crippen molar-refractivity contribution in [1.29, 1.82) is 0 Å². The molecule has 0 saturated carbocycles. The molecule has 10 nitrogen and oxygen atoms in total. The molecular formula is C22H26N6O4S. The Morgan fingerprint density at radius 1 is 1.00 bits per heavy atom. The van der Waals surface area contributed by atoms with E-state index in [4.69, 9.17) is 9.47 Å². The Balaban J connectivity index is 1.33. The van der Waals surface area contributed by atoms with Gasteiger partial charge >= 0.3 is 0 Å². The molecule has 0 aliphatic carbocycles. The zero-order valence-corrected chi connectivity index (χ0v) is 19.4. The number of tetrazole rings is 1. The van der Waals surface area contributed by atoms with Crippen LogP contribution in [0.2, 0.25) is 0 Å². The highest BCUT2D eigenvalue weighted by Gasteiger charge is 2.50. The summed E-state index contributed by atoms with van der Waals surface area (Å²) >= 11 is 0. The van der Waals surface area contributed by atoms with Crippen molar-refractivity contribution >= 4 is 15.7 Å². The second-order valence-electron chi connectivity index (χ2n) is 8.59. The monoisotopic (exact) mass is 470 g/mol. The van der Waals surface area contributed by atoms with Crippen molar-refractivity contribution in [2.45, 2.75) is 36.1 Å². The number of hydrogen-bond donors (Lipinski definition) is 1. The molecule has 33 heavy (non-hydrogen) atoms. The maximum absolute atomic E-state index is 12.8. The van der Waals surface area contributed by atoms with Crippen molar-refractivity contribution in [2.75, 3.05) is 32.2 Å². The van der Waals surface area contributed by atoms with E-state index in [0.29, 0.717) is 12.4 Å². The summed E-state index contributed by atoms with van der Waals surface area (Å²) in [7, 11) is 0.270. The summed E-state index contributed by atoms with van der Waals surface area (Å²) in [6.07, 6.45) is -0.789. The van der Waals surface area contributed by atoms with Crippen molar-refractivity contribution in [3.05, 3.63) is 54.1 Å². The number of anilines is 1. The Hall–Kier alpha value is -2.86. The van der Waals surface area contributed by atoms with E-state index in [1.807, 2.05) is 50.2 Å². The van der Waals surface area contributed by atoms with Crippen LogP contribution >= 0.6 is 0 Å². The summed E-state index contributed by atoms with van der Waals surface area (Å²) in [6.45, 7) is 2.45. The Bertz CT molecular complexity index is 1230. The number of ether oxygens (including phenoxy) is 2. The van der Waals surface area contributed by atoms with Crippen molar-refractivity contribution in [3.8, 4) is 11.4 Å². The molecular weight excluding hydrogens is 444 g/mol. The summed E-state index contributed by atoms with van der Waals surface area (Å²) in [5, 5.41) is 12.3. The van der Waals surface area contributed by atoms with E-state index in [1.165, 1.54) is 0 Å². The first-order chi connectivity index (χ1) is 15.8. The smallest absolute Gasteiger partial charge is 0.240 e. The molecule has 174 valence electrons. The van der Waals surface area contributed by atoms with Gasteiger partial charge in [0, 0.05) is 25.3 Å². The van der Waals surface area contributed by atoms with Gasteiger partial charge < -0.3 is 14.4 Å². The molecule has 5 rings (SSSR count). The number of aromatic nitrogens is 4. The molecule has 2 aliphatic rings. The second kappa shape index (κ2) is 8.49. The largest absolute Gasteiger partial charge is 0.378 e. The fourth-order valence-corrected chi connectivity index (χ4v) is 5.52. The highest BCUT2D eigenvalue weighted by molar-refractivity contribution is 7.89. The van der Waals surface area contributed by atoms with Gasteiger partial charge in [-0.05, 0) is 53.7 Å². The molecule has 2 aromatic carbocycles. The van der Waals surface area contributed by atoms with Gasteiger partial charge in [0.15, 0.2) is 5.82 Å². The van der Waals surface area contributed by atoms with Crippen molar-refractivity contribution in [3.63, 3.8) is 0 Å². The molecule has 11 heteroatoms. The number of fused-ring (bicyclic) bond motifs is 1. The fourth-order valence-electron chi connectivity index (χ4n) is 4.29. The van der Waals surface area contributed by atoms with E-state index in [1.54, 1.807) is 28.9 Å². The van der Waals surface area contributed by atoms with Gasteiger partial charge in [0.25, 0.3) is 0 Å².